The van der Waals surface area contributed by atoms with Crippen LogP contribution in [0.3, 0.4) is 0 Å². The van der Waals surface area contributed by atoms with E-state index in [0.29, 0.717) is 38.8 Å². The number of nitrogens with one attached hydrogen (secondary N) is 1. The Hall–Kier alpha value is -7.17. The summed E-state index contributed by atoms with van der Waals surface area (Å²) < 4.78 is 3.57. The second kappa shape index (κ2) is 16.1. The molecule has 5 aromatic carbocycles. The zero-order chi connectivity index (χ0) is 39.3. The van der Waals surface area contributed by atoms with Crippen LogP contribution in [-0.4, -0.2) is 23.7 Å². The SMILES string of the molecule is Cc1ccc2c(=O)n(-c3ccc(C#Cc4ccccc4)cc3Cl)c(=O)n(C)c2c1.O=c1[nH]c2ncccc2c(=O)n1-c1ccc(C#Cc2ccccc2)cc1Cl. The molecular weight excluding hydrogens is 745 g/mol. The van der Waals surface area contributed by atoms with Gasteiger partial charge < -0.3 is 0 Å². The molecule has 8 aromatic rings. The van der Waals surface area contributed by atoms with E-state index in [1.807, 2.05) is 79.7 Å². The number of aromatic amines is 1. The Kier molecular flexibility index (Phi) is 10.7. The van der Waals surface area contributed by atoms with Gasteiger partial charge in [0.05, 0.1) is 37.7 Å². The fourth-order valence-electron chi connectivity index (χ4n) is 5.90. The van der Waals surface area contributed by atoms with Gasteiger partial charge >= 0.3 is 11.4 Å². The van der Waals surface area contributed by atoms with E-state index in [2.05, 4.69) is 33.6 Å². The van der Waals surface area contributed by atoms with Crippen LogP contribution in [0, 0.1) is 30.6 Å². The third-order valence-electron chi connectivity index (χ3n) is 8.72. The standard InChI is InChI=1S/C24H17ClN2O2.C21H12ClN3O2/c1-16-8-12-19-22(14-16)26(2)24(29)27(23(19)28)21-13-11-18(15-20(21)25)10-9-17-6-4-3-5-7-17;22-17-13-15(9-8-14-5-2-1-3-6-14)10-11-18(17)25-20(26)16-7-4-12-23-19(16)24-21(25)27/h3-8,11-15H,1-2H3;1-7,10-13H,(H,23,24,27). The number of hydrogen-bond donors (Lipinski definition) is 1. The van der Waals surface area contributed by atoms with E-state index in [9.17, 15) is 19.2 Å². The minimum atomic E-state index is -0.601. The normalized spacial score (nSPS) is 10.5. The van der Waals surface area contributed by atoms with Crippen molar-refractivity contribution in [3.8, 4) is 35.1 Å². The molecule has 272 valence electrons. The number of aromatic nitrogens is 5. The summed E-state index contributed by atoms with van der Waals surface area (Å²) in [5.74, 6) is 12.2. The molecule has 0 spiro atoms. The average molecular weight is 775 g/mol. The van der Waals surface area contributed by atoms with Gasteiger partial charge in [0, 0.05) is 35.5 Å². The highest BCUT2D eigenvalue weighted by Gasteiger charge is 2.16. The third kappa shape index (κ3) is 7.73. The topological polar surface area (TPSA) is 112 Å². The van der Waals surface area contributed by atoms with E-state index in [-0.39, 0.29) is 15.7 Å². The van der Waals surface area contributed by atoms with Gasteiger partial charge in [-0.1, -0.05) is 89.3 Å². The molecule has 0 saturated carbocycles. The predicted octanol–water partition coefficient (Wildman–Crippen LogP) is 7.18. The number of rotatable bonds is 2. The molecule has 0 fully saturated rings. The first kappa shape index (κ1) is 37.2. The van der Waals surface area contributed by atoms with Crippen molar-refractivity contribution in [2.75, 3.05) is 0 Å². The van der Waals surface area contributed by atoms with Crippen molar-refractivity contribution < 1.29 is 0 Å². The van der Waals surface area contributed by atoms with Crippen molar-refractivity contribution in [2.24, 2.45) is 7.05 Å². The maximum atomic E-state index is 13.0. The maximum Gasteiger partial charge on any atom is 0.335 e. The number of nitrogens with zero attached hydrogens (tertiary/aromatic N) is 4. The van der Waals surface area contributed by atoms with E-state index in [4.69, 9.17) is 23.2 Å². The average Bonchev–Trinajstić information content (AvgIpc) is 3.21. The summed E-state index contributed by atoms with van der Waals surface area (Å²) in [5.41, 5.74) is 3.67. The Labute approximate surface area is 329 Å². The summed E-state index contributed by atoms with van der Waals surface area (Å²) in [4.78, 5) is 57.6. The Morgan fingerprint density at radius 2 is 1.11 bits per heavy atom. The number of aryl methyl sites for hydroxylation is 2. The quantitative estimate of drug-likeness (QED) is 0.187. The van der Waals surface area contributed by atoms with Crippen molar-refractivity contribution in [2.45, 2.75) is 6.92 Å². The molecule has 3 aromatic heterocycles. The Bertz CT molecular complexity index is 3180. The van der Waals surface area contributed by atoms with E-state index in [0.717, 1.165) is 25.8 Å². The lowest BCUT2D eigenvalue weighted by Gasteiger charge is -2.12. The highest BCUT2D eigenvalue weighted by atomic mass is 35.5. The molecular formula is C45H29Cl2N5O4. The molecule has 1 N–H and O–H groups in total. The summed E-state index contributed by atoms with van der Waals surface area (Å²) >= 11 is 12.8. The van der Waals surface area contributed by atoms with Crippen LogP contribution in [0.1, 0.15) is 27.8 Å². The van der Waals surface area contributed by atoms with Gasteiger partial charge in [-0.05, 0) is 97.4 Å². The van der Waals surface area contributed by atoms with Crippen molar-refractivity contribution in [3.05, 3.63) is 213 Å². The summed E-state index contributed by atoms with van der Waals surface area (Å²) in [5, 5.41) is 1.31. The molecule has 0 saturated heterocycles. The van der Waals surface area contributed by atoms with Crippen molar-refractivity contribution >= 4 is 45.1 Å². The number of H-pyrrole nitrogens is 1. The van der Waals surface area contributed by atoms with Gasteiger partial charge in [-0.3, -0.25) is 19.1 Å². The molecule has 0 aliphatic heterocycles. The largest absolute Gasteiger partial charge is 0.335 e. The summed E-state index contributed by atoms with van der Waals surface area (Å²) in [7, 11) is 1.65. The first-order chi connectivity index (χ1) is 27.1. The molecule has 0 radical (unpaired) electrons. The molecule has 0 aliphatic rings. The zero-order valence-corrected chi connectivity index (χ0v) is 31.4. The number of pyridine rings is 1. The van der Waals surface area contributed by atoms with E-state index in [1.165, 1.54) is 10.8 Å². The molecule has 3 heterocycles. The monoisotopic (exact) mass is 773 g/mol. The lowest BCUT2D eigenvalue weighted by Crippen LogP contribution is -2.38. The van der Waals surface area contributed by atoms with E-state index < -0.39 is 22.5 Å². The van der Waals surface area contributed by atoms with Gasteiger partial charge in [0.25, 0.3) is 11.1 Å². The lowest BCUT2D eigenvalue weighted by atomic mass is 10.1. The van der Waals surface area contributed by atoms with Crippen LogP contribution in [0.5, 0.6) is 0 Å². The third-order valence-corrected chi connectivity index (χ3v) is 9.33. The van der Waals surface area contributed by atoms with Crippen molar-refractivity contribution in [1.82, 2.24) is 23.7 Å². The molecule has 8 rings (SSSR count). The molecule has 0 bridgehead atoms. The van der Waals surface area contributed by atoms with E-state index in [1.54, 1.807) is 61.6 Å². The highest BCUT2D eigenvalue weighted by Crippen LogP contribution is 2.22. The van der Waals surface area contributed by atoms with Crippen LogP contribution in [0.2, 0.25) is 10.0 Å². The number of benzene rings is 5. The van der Waals surface area contributed by atoms with Crippen LogP contribution in [0.4, 0.5) is 0 Å². The molecule has 0 unspecified atom stereocenters. The maximum absolute atomic E-state index is 13.0. The molecule has 0 aliphatic carbocycles. The number of fused-ring (bicyclic) bond motifs is 2. The van der Waals surface area contributed by atoms with Crippen LogP contribution < -0.4 is 22.5 Å². The fourth-order valence-corrected chi connectivity index (χ4v) is 6.43. The van der Waals surface area contributed by atoms with Gasteiger partial charge in [0.2, 0.25) is 0 Å². The fraction of sp³-hybridized carbons (Fsp3) is 0.0444. The summed E-state index contributed by atoms with van der Waals surface area (Å²) in [6.45, 7) is 1.92. The van der Waals surface area contributed by atoms with Gasteiger partial charge in [-0.2, -0.15) is 0 Å². The molecule has 56 heavy (non-hydrogen) atoms. The van der Waals surface area contributed by atoms with Crippen LogP contribution >= 0.6 is 23.2 Å². The van der Waals surface area contributed by atoms with E-state index >= 15 is 0 Å². The number of halogens is 2. The smallest absolute Gasteiger partial charge is 0.296 e. The van der Waals surface area contributed by atoms with Gasteiger partial charge in [0.15, 0.2) is 0 Å². The van der Waals surface area contributed by atoms with Gasteiger partial charge in [-0.25, -0.2) is 23.7 Å². The minimum Gasteiger partial charge on any atom is -0.296 e. The zero-order valence-electron chi connectivity index (χ0n) is 29.9. The Balaban J connectivity index is 0.000000172. The minimum absolute atomic E-state index is 0.241. The first-order valence-electron chi connectivity index (χ1n) is 17.2. The molecule has 0 amide bonds. The van der Waals surface area contributed by atoms with Crippen LogP contribution in [0.15, 0.2) is 153 Å². The highest BCUT2D eigenvalue weighted by molar-refractivity contribution is 6.32. The Morgan fingerprint density at radius 3 is 1.68 bits per heavy atom. The van der Waals surface area contributed by atoms with Gasteiger partial charge in [0.1, 0.15) is 5.65 Å². The summed E-state index contributed by atoms with van der Waals surface area (Å²) in [6, 6.07) is 37.8. The Morgan fingerprint density at radius 1 is 0.571 bits per heavy atom. The molecule has 0 atom stereocenters. The predicted molar refractivity (Wildman–Crippen MR) is 222 cm³/mol. The molecule has 9 nitrogen and oxygen atoms in total. The molecule has 11 heteroatoms. The van der Waals surface area contributed by atoms with Crippen molar-refractivity contribution in [1.29, 1.82) is 0 Å². The summed E-state index contributed by atoms with van der Waals surface area (Å²) in [6.07, 6.45) is 1.51. The second-order valence-corrected chi connectivity index (χ2v) is 13.4. The van der Waals surface area contributed by atoms with Crippen LogP contribution in [0.25, 0.3) is 33.3 Å². The second-order valence-electron chi connectivity index (χ2n) is 12.5. The number of hydrogen-bond acceptors (Lipinski definition) is 5. The van der Waals surface area contributed by atoms with Crippen LogP contribution in [-0.2, 0) is 7.05 Å². The van der Waals surface area contributed by atoms with Gasteiger partial charge in [-0.15, -0.1) is 0 Å². The first-order valence-corrected chi connectivity index (χ1v) is 17.9. The lowest BCUT2D eigenvalue weighted by molar-refractivity contribution is 0.773. The van der Waals surface area contributed by atoms with Crippen molar-refractivity contribution in [3.63, 3.8) is 0 Å².